The lowest BCUT2D eigenvalue weighted by molar-refractivity contribution is -0.138. The molecule has 0 bridgehead atoms. The summed E-state index contributed by atoms with van der Waals surface area (Å²) in [5, 5.41) is 14.4. The minimum absolute atomic E-state index is 0.00526. The minimum Gasteiger partial charge on any atom is -0.481 e. The van der Waals surface area contributed by atoms with Crippen LogP contribution in [0.15, 0.2) is 48.5 Å². The molecular formula is C25H30N2O5. The van der Waals surface area contributed by atoms with Gasteiger partial charge in [0.2, 0.25) is 5.91 Å². The van der Waals surface area contributed by atoms with Gasteiger partial charge in [-0.05, 0) is 42.5 Å². The van der Waals surface area contributed by atoms with Crippen molar-refractivity contribution in [3.05, 3.63) is 59.7 Å². The van der Waals surface area contributed by atoms with E-state index in [2.05, 4.69) is 34.9 Å². The molecule has 0 fully saturated rings. The fraction of sp³-hybridized carbons (Fsp3) is 0.400. The van der Waals surface area contributed by atoms with E-state index in [4.69, 9.17) is 9.84 Å². The smallest absolute Gasteiger partial charge is 0.407 e. The van der Waals surface area contributed by atoms with Crippen molar-refractivity contribution < 1.29 is 24.2 Å². The Morgan fingerprint density at radius 2 is 1.59 bits per heavy atom. The van der Waals surface area contributed by atoms with E-state index in [1.807, 2.05) is 24.3 Å². The summed E-state index contributed by atoms with van der Waals surface area (Å²) >= 11 is 0. The van der Waals surface area contributed by atoms with Crippen molar-refractivity contribution in [3.63, 3.8) is 0 Å². The average Bonchev–Trinajstić information content (AvgIpc) is 3.04. The lowest BCUT2D eigenvalue weighted by atomic mass is 9.98. The van der Waals surface area contributed by atoms with Crippen LogP contribution in [0.5, 0.6) is 0 Å². The Bertz CT molecular complexity index is 956. The van der Waals surface area contributed by atoms with Crippen LogP contribution in [0.4, 0.5) is 4.79 Å². The number of nitrogens with one attached hydrogen (secondary N) is 2. The summed E-state index contributed by atoms with van der Waals surface area (Å²) in [5.41, 5.74) is 3.80. The van der Waals surface area contributed by atoms with E-state index in [9.17, 15) is 14.4 Å². The summed E-state index contributed by atoms with van der Waals surface area (Å²) in [5.74, 6) is -1.60. The third-order valence-corrected chi connectivity index (χ3v) is 5.69. The van der Waals surface area contributed by atoms with E-state index in [0.717, 1.165) is 11.1 Å². The molecule has 2 aromatic carbocycles. The van der Waals surface area contributed by atoms with Crippen LogP contribution in [0.1, 0.15) is 50.7 Å². The Balaban J connectivity index is 1.46. The molecule has 1 aliphatic carbocycles. The van der Waals surface area contributed by atoms with Crippen molar-refractivity contribution in [2.75, 3.05) is 13.2 Å². The minimum atomic E-state index is -0.972. The van der Waals surface area contributed by atoms with E-state index in [-0.39, 0.29) is 37.3 Å². The topological polar surface area (TPSA) is 105 Å². The fourth-order valence-corrected chi connectivity index (χ4v) is 4.05. The number of fused-ring (bicyclic) bond motifs is 3. The van der Waals surface area contributed by atoms with Crippen LogP contribution in [-0.4, -0.2) is 41.8 Å². The first kappa shape index (κ1) is 23.3. The molecule has 170 valence electrons. The van der Waals surface area contributed by atoms with Crippen LogP contribution < -0.4 is 10.6 Å². The molecule has 0 saturated carbocycles. The lowest BCUT2D eigenvalue weighted by Gasteiger charge is -2.26. The first-order chi connectivity index (χ1) is 15.2. The molecule has 1 unspecified atom stereocenters. The number of carbonyl (C=O) groups excluding carboxylic acids is 2. The van der Waals surface area contributed by atoms with Crippen molar-refractivity contribution in [1.82, 2.24) is 10.6 Å². The maximum atomic E-state index is 12.3. The highest BCUT2D eigenvalue weighted by molar-refractivity contribution is 5.80. The first-order valence-corrected chi connectivity index (χ1v) is 10.8. The lowest BCUT2D eigenvalue weighted by Crippen LogP contribution is -2.47. The Morgan fingerprint density at radius 3 is 2.16 bits per heavy atom. The second-order valence-corrected chi connectivity index (χ2v) is 8.89. The quantitative estimate of drug-likeness (QED) is 0.550. The number of hydrogen-bond donors (Lipinski definition) is 3. The molecule has 0 saturated heterocycles. The highest BCUT2D eigenvalue weighted by Crippen LogP contribution is 2.44. The normalized spacial score (nSPS) is 13.6. The van der Waals surface area contributed by atoms with Gasteiger partial charge in [0.1, 0.15) is 6.61 Å². The van der Waals surface area contributed by atoms with E-state index < -0.39 is 17.6 Å². The van der Waals surface area contributed by atoms with Gasteiger partial charge >= 0.3 is 12.1 Å². The highest BCUT2D eigenvalue weighted by Gasteiger charge is 2.29. The number of carbonyl (C=O) groups is 3. The molecule has 0 heterocycles. The van der Waals surface area contributed by atoms with Crippen molar-refractivity contribution in [3.8, 4) is 11.1 Å². The van der Waals surface area contributed by atoms with Crippen molar-refractivity contribution in [2.24, 2.45) is 5.92 Å². The van der Waals surface area contributed by atoms with Gasteiger partial charge in [-0.1, -0.05) is 55.5 Å². The Morgan fingerprint density at radius 1 is 1.03 bits per heavy atom. The summed E-state index contributed by atoms with van der Waals surface area (Å²) in [4.78, 5) is 35.4. The fourth-order valence-electron chi connectivity index (χ4n) is 4.05. The number of carboxylic acids is 1. The number of rotatable bonds is 9. The molecule has 3 N–H and O–H groups in total. The van der Waals surface area contributed by atoms with Crippen molar-refractivity contribution >= 4 is 18.0 Å². The average molecular weight is 439 g/mol. The molecule has 2 amide bonds. The number of carboxylic acid groups (broad SMARTS) is 1. The van der Waals surface area contributed by atoms with Gasteiger partial charge in [0.15, 0.2) is 0 Å². The summed E-state index contributed by atoms with van der Waals surface area (Å²) in [6.45, 7) is 5.59. The Labute approximate surface area is 188 Å². The van der Waals surface area contributed by atoms with E-state index in [0.29, 0.717) is 6.42 Å². The van der Waals surface area contributed by atoms with Gasteiger partial charge < -0.3 is 20.5 Å². The molecule has 7 nitrogen and oxygen atoms in total. The number of benzene rings is 2. The van der Waals surface area contributed by atoms with E-state index in [1.165, 1.54) is 11.1 Å². The maximum absolute atomic E-state index is 12.3. The van der Waals surface area contributed by atoms with Crippen LogP contribution in [0.2, 0.25) is 0 Å². The summed E-state index contributed by atoms with van der Waals surface area (Å²) < 4.78 is 5.49. The molecule has 2 aromatic rings. The van der Waals surface area contributed by atoms with Gasteiger partial charge in [0, 0.05) is 23.9 Å². The van der Waals surface area contributed by atoms with Gasteiger partial charge in [0.05, 0.1) is 6.42 Å². The summed E-state index contributed by atoms with van der Waals surface area (Å²) in [7, 11) is 0. The zero-order valence-corrected chi connectivity index (χ0v) is 18.7. The molecule has 0 radical (unpaired) electrons. The molecule has 3 rings (SSSR count). The van der Waals surface area contributed by atoms with E-state index >= 15 is 0 Å². The van der Waals surface area contributed by atoms with Gasteiger partial charge in [0.25, 0.3) is 0 Å². The standard InChI is InChI=1S/C25H30N2O5/c1-16(23(30)27-25(2,3)14-22(28)29)12-13-26-24(31)32-15-21-19-10-6-4-8-17(19)18-9-5-7-11-20(18)21/h4-11,16,21H,12-15H2,1-3H3,(H,26,31)(H,27,30)(H,28,29). The number of hydrogen-bond acceptors (Lipinski definition) is 4. The third-order valence-electron chi connectivity index (χ3n) is 5.69. The second-order valence-electron chi connectivity index (χ2n) is 8.89. The van der Waals surface area contributed by atoms with Crippen molar-refractivity contribution in [1.29, 1.82) is 0 Å². The van der Waals surface area contributed by atoms with Crippen LogP contribution >= 0.6 is 0 Å². The molecule has 0 spiro atoms. The number of amides is 2. The van der Waals surface area contributed by atoms with Gasteiger partial charge in [-0.25, -0.2) is 4.79 Å². The Kier molecular flexibility index (Phi) is 7.18. The van der Waals surface area contributed by atoms with Crippen molar-refractivity contribution in [2.45, 2.75) is 45.1 Å². The molecular weight excluding hydrogens is 408 g/mol. The van der Waals surface area contributed by atoms with Crippen LogP contribution in [0, 0.1) is 5.92 Å². The zero-order chi connectivity index (χ0) is 23.3. The first-order valence-electron chi connectivity index (χ1n) is 10.8. The third kappa shape index (κ3) is 5.66. The number of ether oxygens (including phenoxy) is 1. The molecule has 0 aromatic heterocycles. The maximum Gasteiger partial charge on any atom is 0.407 e. The zero-order valence-electron chi connectivity index (χ0n) is 18.7. The molecule has 1 aliphatic rings. The van der Waals surface area contributed by atoms with Crippen LogP contribution in [0.25, 0.3) is 11.1 Å². The summed E-state index contributed by atoms with van der Waals surface area (Å²) in [6.07, 6.45) is -0.270. The monoisotopic (exact) mass is 438 g/mol. The largest absolute Gasteiger partial charge is 0.481 e. The molecule has 7 heteroatoms. The highest BCUT2D eigenvalue weighted by atomic mass is 16.5. The SMILES string of the molecule is CC(CCNC(=O)OCC1c2ccccc2-c2ccccc21)C(=O)NC(C)(C)CC(=O)O. The van der Waals surface area contributed by atoms with E-state index in [1.54, 1.807) is 20.8 Å². The Hall–Kier alpha value is -3.35. The van der Waals surface area contributed by atoms with Gasteiger partial charge in [-0.3, -0.25) is 9.59 Å². The predicted molar refractivity (Wildman–Crippen MR) is 121 cm³/mol. The molecule has 0 aliphatic heterocycles. The molecule has 32 heavy (non-hydrogen) atoms. The number of alkyl carbamates (subject to hydrolysis) is 1. The summed E-state index contributed by atoms with van der Waals surface area (Å²) in [6, 6.07) is 16.3. The van der Waals surface area contributed by atoms with Crippen LogP contribution in [0.3, 0.4) is 0 Å². The number of aliphatic carboxylic acids is 1. The van der Waals surface area contributed by atoms with Gasteiger partial charge in [-0.2, -0.15) is 0 Å². The second kappa shape index (κ2) is 9.85. The van der Waals surface area contributed by atoms with Crippen LogP contribution in [-0.2, 0) is 14.3 Å². The predicted octanol–water partition coefficient (Wildman–Crippen LogP) is 3.92. The molecule has 1 atom stereocenters. The van der Waals surface area contributed by atoms with Gasteiger partial charge in [-0.15, -0.1) is 0 Å².